The molecule has 0 radical (unpaired) electrons. The molecule has 0 aliphatic carbocycles. The minimum atomic E-state index is -3.35. The lowest BCUT2D eigenvalue weighted by Crippen LogP contribution is -2.28. The van der Waals surface area contributed by atoms with Gasteiger partial charge in [0.2, 0.25) is 10.0 Å². The van der Waals surface area contributed by atoms with E-state index >= 15 is 0 Å². The normalized spacial score (nSPS) is 12.0. The quantitative estimate of drug-likeness (QED) is 0.747. The summed E-state index contributed by atoms with van der Waals surface area (Å²) in [4.78, 5) is 0.318. The highest BCUT2D eigenvalue weighted by molar-refractivity contribution is 9.10. The molecule has 1 rings (SSSR count). The lowest BCUT2D eigenvalue weighted by Gasteiger charge is -2.16. The number of nitrogens with zero attached hydrogens (tertiary/aromatic N) is 1. The average molecular weight is 371 g/mol. The van der Waals surface area contributed by atoms with E-state index in [-0.39, 0.29) is 0 Å². The summed E-state index contributed by atoms with van der Waals surface area (Å²) in [5.74, 6) is 0. The molecule has 0 fully saturated rings. The number of hydrogen-bond donors (Lipinski definition) is 0. The Labute approximate surface area is 113 Å². The highest BCUT2D eigenvalue weighted by atomic mass is 79.9. The minimum absolute atomic E-state index is 0.318. The van der Waals surface area contributed by atoms with Gasteiger partial charge in [0.1, 0.15) is 0 Å². The number of alkyl halides is 1. The van der Waals surface area contributed by atoms with Crippen LogP contribution in [0, 0.1) is 0 Å². The molecule has 6 heteroatoms. The summed E-state index contributed by atoms with van der Waals surface area (Å²) in [6.45, 7) is 0.514. The molecule has 3 nitrogen and oxygen atoms in total. The molecule has 0 spiro atoms. The molecule has 16 heavy (non-hydrogen) atoms. The number of benzene rings is 1. The van der Waals surface area contributed by atoms with Crippen LogP contribution in [0.15, 0.2) is 33.6 Å². The first-order valence-electron chi connectivity index (χ1n) is 4.76. The van der Waals surface area contributed by atoms with Crippen molar-refractivity contribution in [2.45, 2.75) is 11.3 Å². The molecule has 1 aromatic rings. The van der Waals surface area contributed by atoms with Crippen molar-refractivity contribution in [3.8, 4) is 0 Å². The lowest BCUT2D eigenvalue weighted by atomic mass is 10.4. The fourth-order valence-corrected chi connectivity index (χ4v) is 3.27. The molecule has 1 aromatic carbocycles. The van der Waals surface area contributed by atoms with Crippen molar-refractivity contribution in [2.24, 2.45) is 0 Å². The highest BCUT2D eigenvalue weighted by Crippen LogP contribution is 2.19. The van der Waals surface area contributed by atoms with Gasteiger partial charge in [-0.3, -0.25) is 0 Å². The van der Waals surface area contributed by atoms with Crippen LogP contribution in [0.3, 0.4) is 0 Å². The van der Waals surface area contributed by atoms with E-state index in [0.717, 1.165) is 16.2 Å². The fourth-order valence-electron chi connectivity index (χ4n) is 1.21. The van der Waals surface area contributed by atoms with Crippen LogP contribution in [-0.2, 0) is 10.0 Å². The van der Waals surface area contributed by atoms with E-state index in [1.807, 2.05) is 0 Å². The van der Waals surface area contributed by atoms with Gasteiger partial charge < -0.3 is 0 Å². The van der Waals surface area contributed by atoms with E-state index < -0.39 is 10.0 Å². The first-order chi connectivity index (χ1) is 7.48. The fraction of sp³-hybridized carbons (Fsp3) is 0.400. The maximum Gasteiger partial charge on any atom is 0.242 e. The summed E-state index contributed by atoms with van der Waals surface area (Å²) in [6.07, 6.45) is 0.795. The second kappa shape index (κ2) is 6.14. The molecule has 0 aliphatic rings. The van der Waals surface area contributed by atoms with Crippen molar-refractivity contribution in [3.63, 3.8) is 0 Å². The van der Waals surface area contributed by atoms with Gasteiger partial charge in [-0.25, -0.2) is 12.7 Å². The monoisotopic (exact) mass is 369 g/mol. The average Bonchev–Trinajstić information content (AvgIpc) is 2.25. The third kappa shape index (κ3) is 3.55. The van der Waals surface area contributed by atoms with Crippen LogP contribution in [0.25, 0.3) is 0 Å². The first-order valence-corrected chi connectivity index (χ1v) is 8.12. The van der Waals surface area contributed by atoms with Gasteiger partial charge in [0, 0.05) is 23.4 Å². The van der Waals surface area contributed by atoms with E-state index in [4.69, 9.17) is 0 Å². The zero-order valence-electron chi connectivity index (χ0n) is 8.86. The van der Waals surface area contributed by atoms with E-state index in [1.165, 1.54) is 4.31 Å². The van der Waals surface area contributed by atoms with Gasteiger partial charge in [0.15, 0.2) is 0 Å². The Morgan fingerprint density at radius 3 is 2.62 bits per heavy atom. The largest absolute Gasteiger partial charge is 0.242 e. The van der Waals surface area contributed by atoms with Crippen LogP contribution in [0.2, 0.25) is 0 Å². The molecule has 0 unspecified atom stereocenters. The lowest BCUT2D eigenvalue weighted by molar-refractivity contribution is 0.470. The van der Waals surface area contributed by atoms with Gasteiger partial charge in [-0.2, -0.15) is 0 Å². The van der Waals surface area contributed by atoms with E-state index in [0.29, 0.717) is 11.4 Å². The molecule has 0 saturated carbocycles. The van der Waals surface area contributed by atoms with Gasteiger partial charge >= 0.3 is 0 Å². The Morgan fingerprint density at radius 2 is 2.06 bits per heavy atom. The predicted molar refractivity (Wildman–Crippen MR) is 72.4 cm³/mol. The number of rotatable bonds is 5. The van der Waals surface area contributed by atoms with Crippen molar-refractivity contribution in [1.29, 1.82) is 0 Å². The Hall–Kier alpha value is 0.0900. The summed E-state index contributed by atoms with van der Waals surface area (Å²) in [5.41, 5.74) is 0. The van der Waals surface area contributed by atoms with Crippen LogP contribution < -0.4 is 0 Å². The number of halogens is 2. The second-order valence-electron chi connectivity index (χ2n) is 3.33. The van der Waals surface area contributed by atoms with E-state index in [9.17, 15) is 8.42 Å². The van der Waals surface area contributed by atoms with E-state index in [1.54, 1.807) is 31.3 Å². The molecular weight excluding hydrogens is 358 g/mol. The van der Waals surface area contributed by atoms with Crippen LogP contribution in [0.4, 0.5) is 0 Å². The van der Waals surface area contributed by atoms with Crippen molar-refractivity contribution in [3.05, 3.63) is 28.7 Å². The van der Waals surface area contributed by atoms with Crippen LogP contribution in [0.1, 0.15) is 6.42 Å². The second-order valence-corrected chi connectivity index (χ2v) is 7.08. The summed E-state index contributed by atoms with van der Waals surface area (Å²) >= 11 is 6.55. The van der Waals surface area contributed by atoms with Crippen molar-refractivity contribution in [1.82, 2.24) is 4.31 Å². The summed E-state index contributed by atoms with van der Waals surface area (Å²) < 4.78 is 26.3. The first kappa shape index (κ1) is 14.2. The smallest absolute Gasteiger partial charge is 0.207 e. The zero-order valence-corrected chi connectivity index (χ0v) is 12.8. The molecule has 0 amide bonds. The highest BCUT2D eigenvalue weighted by Gasteiger charge is 2.19. The maximum absolute atomic E-state index is 12.1. The molecular formula is C10H13Br2NO2S. The zero-order chi connectivity index (χ0) is 12.2. The topological polar surface area (TPSA) is 37.4 Å². The minimum Gasteiger partial charge on any atom is -0.207 e. The molecule has 90 valence electrons. The van der Waals surface area contributed by atoms with Crippen molar-refractivity contribution < 1.29 is 8.42 Å². The summed E-state index contributed by atoms with van der Waals surface area (Å²) in [7, 11) is -1.76. The van der Waals surface area contributed by atoms with Gasteiger partial charge in [-0.1, -0.05) is 37.9 Å². The molecule has 0 saturated heterocycles. The van der Waals surface area contributed by atoms with Crippen LogP contribution >= 0.6 is 31.9 Å². The van der Waals surface area contributed by atoms with Crippen molar-refractivity contribution in [2.75, 3.05) is 18.9 Å². The Bertz CT molecular complexity index is 448. The molecule has 0 atom stereocenters. The van der Waals surface area contributed by atoms with Gasteiger partial charge in [0.25, 0.3) is 0 Å². The molecule has 0 heterocycles. The Kier molecular flexibility index (Phi) is 5.43. The summed E-state index contributed by atoms with van der Waals surface area (Å²) in [5, 5.41) is 0.797. The Balaban J connectivity index is 2.93. The predicted octanol–water partition coefficient (Wildman–Crippen LogP) is 2.85. The molecule has 0 aliphatic heterocycles. The molecule has 0 aromatic heterocycles. The van der Waals surface area contributed by atoms with Crippen LogP contribution in [-0.4, -0.2) is 31.6 Å². The maximum atomic E-state index is 12.1. The number of sulfonamides is 1. The summed E-state index contributed by atoms with van der Waals surface area (Å²) in [6, 6.07) is 6.73. The number of hydrogen-bond acceptors (Lipinski definition) is 2. The van der Waals surface area contributed by atoms with Gasteiger partial charge in [-0.05, 0) is 24.6 Å². The van der Waals surface area contributed by atoms with E-state index in [2.05, 4.69) is 31.9 Å². The van der Waals surface area contributed by atoms with Crippen LogP contribution in [0.5, 0.6) is 0 Å². The standard InChI is InChI=1S/C10H13Br2NO2S/c1-13(7-3-6-11)16(14,15)10-5-2-4-9(12)8-10/h2,4-5,8H,3,6-7H2,1H3. The molecule has 0 bridgehead atoms. The van der Waals surface area contributed by atoms with Gasteiger partial charge in [0.05, 0.1) is 4.90 Å². The third-order valence-electron chi connectivity index (χ3n) is 2.11. The van der Waals surface area contributed by atoms with Gasteiger partial charge in [-0.15, -0.1) is 0 Å². The third-order valence-corrected chi connectivity index (χ3v) is 5.02. The SMILES string of the molecule is CN(CCCBr)S(=O)(=O)c1cccc(Br)c1. The molecule has 0 N–H and O–H groups in total. The Morgan fingerprint density at radius 1 is 1.38 bits per heavy atom. The van der Waals surface area contributed by atoms with Crippen molar-refractivity contribution >= 4 is 41.9 Å².